The normalized spacial score (nSPS) is 21.6. The number of carbonyl (C=O) groups is 4. The summed E-state index contributed by atoms with van der Waals surface area (Å²) in [6.45, 7) is 8.22. The number of esters is 1. The van der Waals surface area contributed by atoms with Crippen molar-refractivity contribution in [2.75, 3.05) is 19.6 Å². The quantitative estimate of drug-likeness (QED) is 0.416. The van der Waals surface area contributed by atoms with Crippen LogP contribution in [0, 0.1) is 17.8 Å². The van der Waals surface area contributed by atoms with Gasteiger partial charge in [0.2, 0.25) is 11.8 Å². The zero-order chi connectivity index (χ0) is 24.5. The van der Waals surface area contributed by atoms with Crippen molar-refractivity contribution in [1.29, 1.82) is 0 Å². The molecule has 8 heteroatoms. The molecule has 3 aliphatic rings. The van der Waals surface area contributed by atoms with Crippen LogP contribution in [0.25, 0.3) is 0 Å². The number of fused-ring (bicyclic) bond motifs is 1. The van der Waals surface area contributed by atoms with E-state index >= 15 is 0 Å². The van der Waals surface area contributed by atoms with Gasteiger partial charge >= 0.3 is 5.97 Å². The van der Waals surface area contributed by atoms with Crippen LogP contribution >= 0.6 is 0 Å². The van der Waals surface area contributed by atoms with E-state index < -0.39 is 17.6 Å². The zero-order valence-electron chi connectivity index (χ0n) is 20.0. The average molecular weight is 466 g/mol. The number of ether oxygens (including phenoxy) is 1. The van der Waals surface area contributed by atoms with Crippen LogP contribution < -0.4 is 5.32 Å². The Morgan fingerprint density at radius 3 is 2.56 bits per heavy atom. The molecule has 1 aromatic carbocycles. The molecule has 8 nitrogen and oxygen atoms in total. The Bertz CT molecular complexity index is 1070. The molecule has 34 heavy (non-hydrogen) atoms. The van der Waals surface area contributed by atoms with E-state index in [-0.39, 0.29) is 30.1 Å². The topological polar surface area (TPSA) is 96.0 Å². The summed E-state index contributed by atoms with van der Waals surface area (Å²) in [4.78, 5) is 52.4. The highest BCUT2D eigenvalue weighted by molar-refractivity contribution is 6.05. The van der Waals surface area contributed by atoms with Crippen molar-refractivity contribution in [3.63, 3.8) is 0 Å². The van der Waals surface area contributed by atoms with Crippen LogP contribution in [0.5, 0.6) is 0 Å². The van der Waals surface area contributed by atoms with E-state index in [1.165, 1.54) is 0 Å². The van der Waals surface area contributed by atoms with Crippen LogP contribution in [0.15, 0.2) is 18.2 Å². The predicted octanol–water partition coefficient (Wildman–Crippen LogP) is 1.85. The lowest BCUT2D eigenvalue weighted by atomic mass is 9.96. The summed E-state index contributed by atoms with van der Waals surface area (Å²) in [7, 11) is 0. The Morgan fingerprint density at radius 1 is 1.15 bits per heavy atom. The molecule has 0 radical (unpaired) electrons. The molecule has 3 amide bonds. The molecule has 1 unspecified atom stereocenters. The lowest BCUT2D eigenvalue weighted by molar-refractivity contribution is -0.161. The van der Waals surface area contributed by atoms with Crippen molar-refractivity contribution in [2.45, 2.75) is 64.6 Å². The van der Waals surface area contributed by atoms with Crippen molar-refractivity contribution < 1.29 is 23.9 Å². The molecule has 4 rings (SSSR count). The van der Waals surface area contributed by atoms with Crippen LogP contribution in [-0.4, -0.2) is 64.8 Å². The average Bonchev–Trinajstić information content (AvgIpc) is 3.08. The fourth-order valence-electron chi connectivity index (χ4n) is 4.62. The Labute approximate surface area is 200 Å². The van der Waals surface area contributed by atoms with Gasteiger partial charge in [-0.15, -0.1) is 0 Å². The number of piperidine rings is 2. The first-order valence-corrected chi connectivity index (χ1v) is 11.8. The number of imide groups is 1. The number of nitrogens with zero attached hydrogens (tertiary/aromatic N) is 2. The smallest absolute Gasteiger partial charge is 0.309 e. The second-order valence-corrected chi connectivity index (χ2v) is 10.2. The monoisotopic (exact) mass is 465 g/mol. The van der Waals surface area contributed by atoms with Gasteiger partial charge in [-0.05, 0) is 76.9 Å². The van der Waals surface area contributed by atoms with Gasteiger partial charge in [0.1, 0.15) is 11.6 Å². The molecule has 180 valence electrons. The number of nitrogens with one attached hydrogen (secondary N) is 1. The summed E-state index contributed by atoms with van der Waals surface area (Å²) in [6, 6.07) is 4.88. The summed E-state index contributed by atoms with van der Waals surface area (Å²) in [5, 5.41) is 2.32. The minimum absolute atomic E-state index is 0.0509. The summed E-state index contributed by atoms with van der Waals surface area (Å²) in [5.41, 5.74) is 1.79. The molecule has 2 fully saturated rings. The number of carbonyl (C=O) groups excluding carboxylic acids is 4. The van der Waals surface area contributed by atoms with Gasteiger partial charge in [0.15, 0.2) is 0 Å². The SMILES string of the molecule is CC(C)(C)OC(=O)C1CCN(CC#Cc2ccc3c(c2)CN(C2CCC(=O)NC2=O)C3=O)CC1. The van der Waals surface area contributed by atoms with E-state index in [1.807, 2.05) is 32.9 Å². The van der Waals surface area contributed by atoms with Crippen LogP contribution in [-0.2, 0) is 25.7 Å². The molecule has 0 aliphatic carbocycles. The minimum atomic E-state index is -0.615. The lowest BCUT2D eigenvalue weighted by Crippen LogP contribution is -2.52. The van der Waals surface area contributed by atoms with Crippen LogP contribution in [0.3, 0.4) is 0 Å². The first-order chi connectivity index (χ1) is 16.1. The molecular formula is C26H31N3O5. The summed E-state index contributed by atoms with van der Waals surface area (Å²) >= 11 is 0. The van der Waals surface area contributed by atoms with Gasteiger partial charge in [0.25, 0.3) is 5.91 Å². The van der Waals surface area contributed by atoms with Gasteiger partial charge in [0, 0.05) is 24.1 Å². The molecule has 0 aromatic heterocycles. The van der Waals surface area contributed by atoms with Gasteiger partial charge in [-0.3, -0.25) is 29.4 Å². The van der Waals surface area contributed by atoms with E-state index in [2.05, 4.69) is 22.1 Å². The predicted molar refractivity (Wildman–Crippen MR) is 124 cm³/mol. The molecule has 2 saturated heterocycles. The van der Waals surface area contributed by atoms with Gasteiger partial charge in [-0.25, -0.2) is 0 Å². The van der Waals surface area contributed by atoms with E-state index in [0.717, 1.165) is 37.1 Å². The zero-order valence-corrected chi connectivity index (χ0v) is 20.0. The fourth-order valence-corrected chi connectivity index (χ4v) is 4.62. The second kappa shape index (κ2) is 9.59. The molecule has 1 N–H and O–H groups in total. The molecule has 3 heterocycles. The van der Waals surface area contributed by atoms with Crippen molar-refractivity contribution in [3.8, 4) is 11.8 Å². The first-order valence-electron chi connectivity index (χ1n) is 11.8. The molecule has 1 atom stereocenters. The molecule has 0 bridgehead atoms. The summed E-state index contributed by atoms with van der Waals surface area (Å²) in [6.07, 6.45) is 2.13. The lowest BCUT2D eigenvalue weighted by Gasteiger charge is -2.31. The Kier molecular flexibility index (Phi) is 6.76. The van der Waals surface area contributed by atoms with Crippen LogP contribution in [0.1, 0.15) is 67.9 Å². The summed E-state index contributed by atoms with van der Waals surface area (Å²) < 4.78 is 5.50. The number of likely N-dealkylation sites (tertiary alicyclic amines) is 1. The molecular weight excluding hydrogens is 434 g/mol. The van der Waals surface area contributed by atoms with Crippen LogP contribution in [0.4, 0.5) is 0 Å². The van der Waals surface area contributed by atoms with Crippen LogP contribution in [0.2, 0.25) is 0 Å². The Balaban J connectivity index is 1.31. The highest BCUT2D eigenvalue weighted by Gasteiger charge is 2.39. The largest absolute Gasteiger partial charge is 0.460 e. The molecule has 0 spiro atoms. The van der Waals surface area contributed by atoms with E-state index in [0.29, 0.717) is 25.1 Å². The van der Waals surface area contributed by atoms with Gasteiger partial charge in [-0.2, -0.15) is 0 Å². The maximum atomic E-state index is 12.8. The highest BCUT2D eigenvalue weighted by Crippen LogP contribution is 2.28. The number of rotatable bonds is 3. The first kappa shape index (κ1) is 24.0. The van der Waals surface area contributed by atoms with E-state index in [4.69, 9.17) is 4.74 Å². The van der Waals surface area contributed by atoms with Gasteiger partial charge < -0.3 is 9.64 Å². The fraction of sp³-hybridized carbons (Fsp3) is 0.538. The number of amides is 3. The third-order valence-electron chi connectivity index (χ3n) is 6.39. The third-order valence-corrected chi connectivity index (χ3v) is 6.39. The van der Waals surface area contributed by atoms with Crippen molar-refractivity contribution in [3.05, 3.63) is 34.9 Å². The molecule has 0 saturated carbocycles. The standard InChI is InChI=1S/C26H31N3O5/c1-26(2,3)34-25(33)18-10-13-28(14-11-18)12-4-5-17-6-7-20-19(15-17)16-29(24(20)32)21-8-9-22(30)27-23(21)31/h6-7,15,18,21H,8-14,16H2,1-3H3,(H,27,30,31). The molecule has 3 aliphatic heterocycles. The Hall–Kier alpha value is -3.18. The van der Waals surface area contributed by atoms with Crippen molar-refractivity contribution in [1.82, 2.24) is 15.1 Å². The van der Waals surface area contributed by atoms with E-state index in [9.17, 15) is 19.2 Å². The molecule has 1 aromatic rings. The minimum Gasteiger partial charge on any atom is -0.460 e. The van der Waals surface area contributed by atoms with Crippen molar-refractivity contribution >= 4 is 23.7 Å². The second-order valence-electron chi connectivity index (χ2n) is 10.2. The Morgan fingerprint density at radius 2 is 1.88 bits per heavy atom. The van der Waals surface area contributed by atoms with Gasteiger partial charge in [-0.1, -0.05) is 11.8 Å². The summed E-state index contributed by atoms with van der Waals surface area (Å²) in [5.74, 6) is 5.32. The number of hydrogen-bond acceptors (Lipinski definition) is 6. The van der Waals surface area contributed by atoms with Gasteiger partial charge in [0.05, 0.1) is 12.5 Å². The third kappa shape index (κ3) is 5.48. The number of benzene rings is 1. The number of hydrogen-bond donors (Lipinski definition) is 1. The maximum Gasteiger partial charge on any atom is 0.309 e. The highest BCUT2D eigenvalue weighted by atomic mass is 16.6. The van der Waals surface area contributed by atoms with Crippen molar-refractivity contribution in [2.24, 2.45) is 5.92 Å². The maximum absolute atomic E-state index is 12.8. The van der Waals surface area contributed by atoms with E-state index in [1.54, 1.807) is 11.0 Å².